The number of pyridine rings is 1. The topological polar surface area (TPSA) is 51.6 Å². The monoisotopic (exact) mass is 329 g/mol. The Hall–Kier alpha value is -0.490. The third-order valence-electron chi connectivity index (χ3n) is 3.57. The molecular weight excluding hydrogens is 310 g/mol. The lowest BCUT2D eigenvalue weighted by molar-refractivity contribution is -0.165. The molecule has 0 bridgehead atoms. The summed E-state index contributed by atoms with van der Waals surface area (Å²) in [5.74, 6) is 0. The first-order valence-electron chi connectivity index (χ1n) is 6.66. The number of hydrogen-bond donors (Lipinski definition) is 1. The normalized spacial score (nSPS) is 20.2. The van der Waals surface area contributed by atoms with Gasteiger partial charge in [0.2, 0.25) is 0 Å². The Labute approximate surface area is 122 Å². The molecule has 1 aromatic heterocycles. The van der Waals surface area contributed by atoms with Crippen LogP contribution in [0.15, 0.2) is 22.8 Å². The van der Waals surface area contributed by atoms with Crippen LogP contribution in [-0.2, 0) is 15.9 Å². The lowest BCUT2D eigenvalue weighted by atomic mass is 9.85. The van der Waals surface area contributed by atoms with Crippen molar-refractivity contribution in [1.29, 1.82) is 0 Å². The van der Waals surface area contributed by atoms with Gasteiger partial charge in [0.1, 0.15) is 0 Å². The predicted octanol–water partition coefficient (Wildman–Crippen LogP) is 2.33. The fraction of sp³-hybridized carbons (Fsp3) is 0.643. The highest BCUT2D eigenvalue weighted by Gasteiger charge is 2.40. The number of aliphatic hydroxyl groups is 1. The number of aromatic nitrogens is 1. The molecule has 19 heavy (non-hydrogen) atoms. The van der Waals surface area contributed by atoms with E-state index in [0.29, 0.717) is 26.2 Å². The molecule has 1 unspecified atom stereocenters. The molecule has 1 aliphatic heterocycles. The van der Waals surface area contributed by atoms with Crippen molar-refractivity contribution in [2.75, 3.05) is 19.8 Å². The average Bonchev–Trinajstić information content (AvgIpc) is 2.43. The van der Waals surface area contributed by atoms with E-state index in [1.54, 1.807) is 6.20 Å². The van der Waals surface area contributed by atoms with Gasteiger partial charge in [0.05, 0.1) is 11.7 Å². The third kappa shape index (κ3) is 3.75. The molecule has 1 atom stereocenters. The lowest BCUT2D eigenvalue weighted by Crippen LogP contribution is -2.50. The van der Waals surface area contributed by atoms with Crippen molar-refractivity contribution in [2.45, 2.75) is 37.9 Å². The van der Waals surface area contributed by atoms with Crippen molar-refractivity contribution >= 4 is 15.9 Å². The molecule has 0 saturated carbocycles. The van der Waals surface area contributed by atoms with E-state index in [-0.39, 0.29) is 0 Å². The summed E-state index contributed by atoms with van der Waals surface area (Å²) in [6.07, 6.45) is 3.18. The molecule has 2 heterocycles. The van der Waals surface area contributed by atoms with Gasteiger partial charge < -0.3 is 14.6 Å². The number of aliphatic hydroxyl groups excluding tert-OH is 1. The Morgan fingerprint density at radius 2 is 2.21 bits per heavy atom. The smallest absolute Gasteiger partial charge is 0.0987 e. The zero-order chi connectivity index (χ0) is 13.7. The third-order valence-corrected chi connectivity index (χ3v) is 4.04. The highest BCUT2D eigenvalue weighted by atomic mass is 79.9. The van der Waals surface area contributed by atoms with Gasteiger partial charge in [0.25, 0.3) is 0 Å². The molecule has 1 saturated heterocycles. The van der Waals surface area contributed by atoms with E-state index < -0.39 is 11.7 Å². The van der Waals surface area contributed by atoms with Gasteiger partial charge in [-0.15, -0.1) is 0 Å². The van der Waals surface area contributed by atoms with Gasteiger partial charge in [-0.3, -0.25) is 4.98 Å². The Kier molecular flexibility index (Phi) is 5.33. The van der Waals surface area contributed by atoms with Crippen LogP contribution in [0.2, 0.25) is 0 Å². The second-order valence-corrected chi connectivity index (χ2v) is 5.71. The van der Waals surface area contributed by atoms with Crippen molar-refractivity contribution in [3.63, 3.8) is 0 Å². The molecule has 0 aliphatic carbocycles. The molecule has 0 radical (unpaired) electrons. The maximum Gasteiger partial charge on any atom is 0.0987 e. The Balaban J connectivity index is 2.06. The lowest BCUT2D eigenvalue weighted by Gasteiger charge is -2.40. The van der Waals surface area contributed by atoms with Crippen LogP contribution >= 0.6 is 15.9 Å². The summed E-state index contributed by atoms with van der Waals surface area (Å²) in [5.41, 5.74) is 0.392. The van der Waals surface area contributed by atoms with Crippen LogP contribution in [0.3, 0.4) is 0 Å². The minimum absolute atomic E-state index is 0.484. The largest absolute Gasteiger partial charge is 0.390 e. The Morgan fingerprint density at radius 1 is 1.47 bits per heavy atom. The minimum Gasteiger partial charge on any atom is -0.390 e. The quantitative estimate of drug-likeness (QED) is 0.900. The first kappa shape index (κ1) is 14.9. The first-order chi connectivity index (χ1) is 9.16. The second-order valence-electron chi connectivity index (χ2n) is 4.80. The zero-order valence-corrected chi connectivity index (χ0v) is 12.7. The molecule has 0 aromatic carbocycles. The second kappa shape index (κ2) is 6.79. The van der Waals surface area contributed by atoms with Crippen molar-refractivity contribution in [3.8, 4) is 0 Å². The van der Waals surface area contributed by atoms with Gasteiger partial charge in [-0.25, -0.2) is 0 Å². The van der Waals surface area contributed by atoms with E-state index >= 15 is 0 Å². The van der Waals surface area contributed by atoms with Gasteiger partial charge in [-0.1, -0.05) is 0 Å². The maximum atomic E-state index is 10.5. The first-order valence-corrected chi connectivity index (χ1v) is 7.46. The van der Waals surface area contributed by atoms with Crippen molar-refractivity contribution < 1.29 is 14.6 Å². The summed E-state index contributed by atoms with van der Waals surface area (Å²) in [6.45, 7) is 3.85. The molecule has 1 N–H and O–H groups in total. The van der Waals surface area contributed by atoms with Crippen molar-refractivity contribution in [1.82, 2.24) is 4.98 Å². The molecule has 106 valence electrons. The Morgan fingerprint density at radius 3 is 2.79 bits per heavy atom. The van der Waals surface area contributed by atoms with Crippen LogP contribution in [0.1, 0.15) is 25.5 Å². The summed E-state index contributed by atoms with van der Waals surface area (Å²) in [7, 11) is 0. The highest BCUT2D eigenvalue weighted by molar-refractivity contribution is 9.10. The molecule has 0 amide bonds. The van der Waals surface area contributed by atoms with Crippen LogP contribution < -0.4 is 0 Å². The van der Waals surface area contributed by atoms with Gasteiger partial charge >= 0.3 is 0 Å². The molecule has 4 nitrogen and oxygen atoms in total. The summed E-state index contributed by atoms with van der Waals surface area (Å²) < 4.78 is 12.2. The van der Waals surface area contributed by atoms with E-state index in [0.717, 1.165) is 23.0 Å². The van der Waals surface area contributed by atoms with Crippen LogP contribution in [0.25, 0.3) is 0 Å². The van der Waals surface area contributed by atoms with Crippen LogP contribution in [0, 0.1) is 0 Å². The van der Waals surface area contributed by atoms with Crippen molar-refractivity contribution in [3.05, 3.63) is 28.5 Å². The Bertz CT molecular complexity index is 385. The average molecular weight is 330 g/mol. The van der Waals surface area contributed by atoms with Gasteiger partial charge in [-0.05, 0) is 35.0 Å². The molecule has 1 aliphatic rings. The minimum atomic E-state index is -0.551. The summed E-state index contributed by atoms with van der Waals surface area (Å²) in [6, 6.07) is 3.86. The van der Waals surface area contributed by atoms with E-state index in [1.165, 1.54) is 0 Å². The van der Waals surface area contributed by atoms with Gasteiger partial charge in [0.15, 0.2) is 0 Å². The summed E-state index contributed by atoms with van der Waals surface area (Å²) >= 11 is 3.36. The number of ether oxygens (including phenoxy) is 2. The SMILES string of the molecule is CCOC1(C(O)Cc2ccc(Br)cn2)CCOCC1. The fourth-order valence-electron chi connectivity index (χ4n) is 2.49. The van der Waals surface area contributed by atoms with E-state index in [9.17, 15) is 5.11 Å². The summed E-state index contributed by atoms with van der Waals surface area (Å²) in [5, 5.41) is 10.5. The zero-order valence-electron chi connectivity index (χ0n) is 11.1. The van der Waals surface area contributed by atoms with Gasteiger partial charge in [-0.2, -0.15) is 0 Å². The number of halogens is 1. The number of hydrogen-bond acceptors (Lipinski definition) is 4. The molecule has 0 spiro atoms. The van der Waals surface area contributed by atoms with Crippen molar-refractivity contribution in [2.24, 2.45) is 0 Å². The van der Waals surface area contributed by atoms with Crippen LogP contribution in [0.5, 0.6) is 0 Å². The molecular formula is C14H20BrNO3. The molecule has 1 fully saturated rings. The predicted molar refractivity (Wildman–Crippen MR) is 76.1 cm³/mol. The summed E-state index contributed by atoms with van der Waals surface area (Å²) in [4.78, 5) is 4.31. The fourth-order valence-corrected chi connectivity index (χ4v) is 2.72. The molecule has 2 rings (SSSR count). The van der Waals surface area contributed by atoms with Gasteiger partial charge in [0, 0.05) is 55.4 Å². The van der Waals surface area contributed by atoms with E-state index in [1.807, 2.05) is 19.1 Å². The standard InChI is InChI=1S/C14H20BrNO3/c1-2-19-14(5-7-18-8-6-14)13(17)9-12-4-3-11(15)10-16-12/h3-4,10,13,17H,2,5-9H2,1H3. The maximum absolute atomic E-state index is 10.5. The highest BCUT2D eigenvalue weighted by Crippen LogP contribution is 2.30. The number of rotatable bonds is 5. The molecule has 5 heteroatoms. The van der Waals surface area contributed by atoms with Crippen LogP contribution in [0.4, 0.5) is 0 Å². The van der Waals surface area contributed by atoms with Crippen LogP contribution in [-0.4, -0.2) is 41.6 Å². The van der Waals surface area contributed by atoms with E-state index in [2.05, 4.69) is 20.9 Å². The molecule has 1 aromatic rings. The van der Waals surface area contributed by atoms with E-state index in [4.69, 9.17) is 9.47 Å². The number of nitrogens with zero attached hydrogens (tertiary/aromatic N) is 1.